The van der Waals surface area contributed by atoms with Crippen molar-refractivity contribution in [2.45, 2.75) is 50.9 Å². The number of piperazine rings is 1. The molecule has 2 saturated carbocycles. The largest absolute Gasteiger partial charge is 0.339 e. The van der Waals surface area contributed by atoms with E-state index in [-0.39, 0.29) is 5.92 Å². The SMILES string of the molecule is O=C(CC1CCCCC1)N1CCN(C(=O)C2CC2c2cccs2)CC1. The second-order valence-corrected chi connectivity index (χ2v) is 8.86. The Bertz CT molecular complexity index is 601. The van der Waals surface area contributed by atoms with Crippen LogP contribution in [0.3, 0.4) is 0 Å². The van der Waals surface area contributed by atoms with Crippen LogP contribution in [0.2, 0.25) is 0 Å². The van der Waals surface area contributed by atoms with Crippen molar-refractivity contribution in [2.75, 3.05) is 26.2 Å². The van der Waals surface area contributed by atoms with Crippen molar-refractivity contribution in [3.05, 3.63) is 22.4 Å². The van der Waals surface area contributed by atoms with Gasteiger partial charge in [0.05, 0.1) is 0 Å². The van der Waals surface area contributed by atoms with Crippen LogP contribution >= 0.6 is 11.3 Å². The Kier molecular flexibility index (Phi) is 5.11. The smallest absolute Gasteiger partial charge is 0.226 e. The van der Waals surface area contributed by atoms with E-state index in [1.54, 1.807) is 11.3 Å². The molecule has 5 heteroatoms. The van der Waals surface area contributed by atoms with Gasteiger partial charge in [-0.1, -0.05) is 25.3 Å². The number of rotatable bonds is 4. The molecule has 3 fully saturated rings. The normalized spacial score (nSPS) is 27.4. The van der Waals surface area contributed by atoms with Crippen molar-refractivity contribution in [1.29, 1.82) is 0 Å². The Labute approximate surface area is 154 Å². The van der Waals surface area contributed by atoms with Gasteiger partial charge in [0, 0.05) is 49.3 Å². The van der Waals surface area contributed by atoms with Gasteiger partial charge in [-0.2, -0.15) is 0 Å². The molecule has 2 heterocycles. The van der Waals surface area contributed by atoms with Gasteiger partial charge in [-0.15, -0.1) is 11.3 Å². The van der Waals surface area contributed by atoms with E-state index in [0.717, 1.165) is 12.8 Å². The van der Waals surface area contributed by atoms with Crippen LogP contribution in [0.4, 0.5) is 0 Å². The fourth-order valence-corrected chi connectivity index (χ4v) is 5.37. The minimum Gasteiger partial charge on any atom is -0.339 e. The van der Waals surface area contributed by atoms with Crippen LogP contribution < -0.4 is 0 Å². The van der Waals surface area contributed by atoms with Crippen LogP contribution in [0.5, 0.6) is 0 Å². The predicted molar refractivity (Wildman–Crippen MR) is 99.5 cm³/mol. The zero-order chi connectivity index (χ0) is 17.2. The minimum atomic E-state index is 0.183. The van der Waals surface area contributed by atoms with E-state index in [2.05, 4.69) is 17.5 Å². The Morgan fingerprint density at radius 3 is 2.44 bits per heavy atom. The molecule has 136 valence electrons. The van der Waals surface area contributed by atoms with Gasteiger partial charge in [0.2, 0.25) is 11.8 Å². The monoisotopic (exact) mass is 360 g/mol. The molecular weight excluding hydrogens is 332 g/mol. The van der Waals surface area contributed by atoms with Crippen molar-refractivity contribution in [2.24, 2.45) is 11.8 Å². The maximum Gasteiger partial charge on any atom is 0.226 e. The molecule has 1 aliphatic heterocycles. The lowest BCUT2D eigenvalue weighted by molar-refractivity contribution is -0.141. The van der Waals surface area contributed by atoms with Gasteiger partial charge >= 0.3 is 0 Å². The molecule has 2 unspecified atom stereocenters. The highest BCUT2D eigenvalue weighted by Crippen LogP contribution is 2.50. The van der Waals surface area contributed by atoms with Crippen LogP contribution in [-0.4, -0.2) is 47.8 Å². The minimum absolute atomic E-state index is 0.183. The standard InChI is InChI=1S/C20H28N2O2S/c23-19(13-15-5-2-1-3-6-15)21-8-10-22(11-9-21)20(24)17-14-16(17)18-7-4-12-25-18/h4,7,12,15-17H,1-3,5-6,8-11,13-14H2. The Balaban J connectivity index is 1.23. The van der Waals surface area contributed by atoms with Gasteiger partial charge in [-0.05, 0) is 36.6 Å². The van der Waals surface area contributed by atoms with Crippen molar-refractivity contribution in [1.82, 2.24) is 9.80 Å². The first-order chi connectivity index (χ1) is 12.2. The zero-order valence-electron chi connectivity index (χ0n) is 14.9. The van der Waals surface area contributed by atoms with Gasteiger partial charge in [0.1, 0.15) is 0 Å². The number of carbonyl (C=O) groups excluding carboxylic acids is 2. The summed E-state index contributed by atoms with van der Waals surface area (Å²) in [5.41, 5.74) is 0. The van der Waals surface area contributed by atoms with E-state index >= 15 is 0 Å². The summed E-state index contributed by atoms with van der Waals surface area (Å²) in [4.78, 5) is 30.5. The molecule has 0 radical (unpaired) electrons. The van der Waals surface area contributed by atoms with E-state index in [1.165, 1.54) is 37.0 Å². The number of thiophene rings is 1. The average Bonchev–Trinajstić information content (AvgIpc) is 3.26. The van der Waals surface area contributed by atoms with Crippen molar-refractivity contribution >= 4 is 23.2 Å². The molecule has 2 atom stereocenters. The van der Waals surface area contributed by atoms with Gasteiger partial charge in [-0.25, -0.2) is 0 Å². The Hall–Kier alpha value is -1.36. The summed E-state index contributed by atoms with van der Waals surface area (Å²) in [6.45, 7) is 2.85. The van der Waals surface area contributed by atoms with Crippen LogP contribution in [0.25, 0.3) is 0 Å². The first-order valence-corrected chi connectivity index (χ1v) is 10.7. The highest BCUT2D eigenvalue weighted by molar-refractivity contribution is 7.10. The predicted octanol–water partition coefficient (Wildman–Crippen LogP) is 3.49. The first kappa shape index (κ1) is 17.1. The second-order valence-electron chi connectivity index (χ2n) is 7.88. The molecule has 2 amide bonds. The van der Waals surface area contributed by atoms with Gasteiger partial charge in [0.25, 0.3) is 0 Å². The molecule has 1 aromatic heterocycles. The molecule has 0 aromatic carbocycles. The van der Waals surface area contributed by atoms with Crippen LogP contribution in [-0.2, 0) is 9.59 Å². The van der Waals surface area contributed by atoms with Gasteiger partial charge < -0.3 is 9.80 Å². The summed E-state index contributed by atoms with van der Waals surface area (Å²) >= 11 is 1.76. The summed E-state index contributed by atoms with van der Waals surface area (Å²) in [5, 5.41) is 2.09. The summed E-state index contributed by atoms with van der Waals surface area (Å²) in [5.74, 6) is 1.83. The average molecular weight is 361 g/mol. The molecule has 0 spiro atoms. The van der Waals surface area contributed by atoms with Crippen molar-refractivity contribution in [3.63, 3.8) is 0 Å². The molecule has 4 rings (SSSR count). The van der Waals surface area contributed by atoms with E-state index in [1.807, 2.05) is 9.80 Å². The number of hydrogen-bond acceptors (Lipinski definition) is 3. The number of carbonyl (C=O) groups is 2. The van der Waals surface area contributed by atoms with Crippen molar-refractivity contribution < 1.29 is 9.59 Å². The third kappa shape index (κ3) is 3.91. The first-order valence-electron chi connectivity index (χ1n) is 9.82. The van der Waals surface area contributed by atoms with E-state index in [9.17, 15) is 9.59 Å². The molecule has 0 N–H and O–H groups in total. The third-order valence-electron chi connectivity index (χ3n) is 6.15. The lowest BCUT2D eigenvalue weighted by Crippen LogP contribution is -2.51. The van der Waals surface area contributed by atoms with E-state index in [4.69, 9.17) is 0 Å². The number of hydrogen-bond donors (Lipinski definition) is 0. The molecule has 1 aromatic rings. The van der Waals surface area contributed by atoms with Crippen LogP contribution in [0, 0.1) is 11.8 Å². The molecule has 4 nitrogen and oxygen atoms in total. The molecule has 1 saturated heterocycles. The highest BCUT2D eigenvalue weighted by Gasteiger charge is 2.46. The summed E-state index contributed by atoms with van der Waals surface area (Å²) in [7, 11) is 0. The van der Waals surface area contributed by atoms with Gasteiger partial charge in [0.15, 0.2) is 0 Å². The summed E-state index contributed by atoms with van der Waals surface area (Å²) in [6.07, 6.45) is 8.06. The van der Waals surface area contributed by atoms with Crippen molar-refractivity contribution in [3.8, 4) is 0 Å². The topological polar surface area (TPSA) is 40.6 Å². The summed E-state index contributed by atoms with van der Waals surface area (Å²) in [6, 6.07) is 4.21. The fraction of sp³-hybridized carbons (Fsp3) is 0.700. The fourth-order valence-electron chi connectivity index (χ4n) is 4.46. The Morgan fingerprint density at radius 2 is 1.76 bits per heavy atom. The van der Waals surface area contributed by atoms with E-state index in [0.29, 0.717) is 49.8 Å². The van der Waals surface area contributed by atoms with Crippen LogP contribution in [0.1, 0.15) is 55.7 Å². The molecule has 0 bridgehead atoms. The van der Waals surface area contributed by atoms with E-state index < -0.39 is 0 Å². The number of amides is 2. The zero-order valence-corrected chi connectivity index (χ0v) is 15.7. The van der Waals surface area contributed by atoms with Crippen LogP contribution in [0.15, 0.2) is 17.5 Å². The van der Waals surface area contributed by atoms with Gasteiger partial charge in [-0.3, -0.25) is 9.59 Å². The molecule has 2 aliphatic carbocycles. The molecular formula is C20H28N2O2S. The Morgan fingerprint density at radius 1 is 1.04 bits per heavy atom. The maximum absolute atomic E-state index is 12.7. The second kappa shape index (κ2) is 7.48. The third-order valence-corrected chi connectivity index (χ3v) is 7.15. The molecule has 25 heavy (non-hydrogen) atoms. The maximum atomic E-state index is 12.7. The number of nitrogens with zero attached hydrogens (tertiary/aromatic N) is 2. The lowest BCUT2D eigenvalue weighted by atomic mass is 9.86. The summed E-state index contributed by atoms with van der Waals surface area (Å²) < 4.78 is 0. The highest BCUT2D eigenvalue weighted by atomic mass is 32.1. The lowest BCUT2D eigenvalue weighted by Gasteiger charge is -2.36. The molecule has 3 aliphatic rings. The quantitative estimate of drug-likeness (QED) is 0.825.